The molecule has 118 valence electrons. The topological polar surface area (TPSA) is 38.2 Å². The van der Waals surface area contributed by atoms with Crippen LogP contribution in [0.4, 0.5) is 8.78 Å². The zero-order valence-electron chi connectivity index (χ0n) is 14.9. The van der Waals surface area contributed by atoms with Crippen molar-refractivity contribution in [1.82, 2.24) is 13.6 Å². The van der Waals surface area contributed by atoms with Gasteiger partial charge in [-0.3, -0.25) is 0 Å². The number of nitrogens with zero attached hydrogens (tertiary/aromatic N) is 3. The fourth-order valence-electron chi connectivity index (χ4n) is 2.09. The molecule has 0 spiro atoms. The smallest absolute Gasteiger partial charge is 0.253 e. The van der Waals surface area contributed by atoms with Crippen LogP contribution in [0.15, 0.2) is 6.08 Å². The highest BCUT2D eigenvalue weighted by molar-refractivity contribution is 6.99. The van der Waals surface area contributed by atoms with Crippen LogP contribution in [0.3, 0.4) is 0 Å². The number of unbranched alkanes of at least 4 members (excludes halogenated alkanes) is 1. The summed E-state index contributed by atoms with van der Waals surface area (Å²) >= 11 is 0.992. The van der Waals surface area contributed by atoms with E-state index in [0.717, 1.165) is 24.2 Å². The van der Waals surface area contributed by atoms with Gasteiger partial charge in [-0.2, -0.15) is 4.37 Å². The number of hydrogen-bond donors (Lipinski definition) is 0. The van der Waals surface area contributed by atoms with Gasteiger partial charge in [-0.15, -0.1) is 4.37 Å². The molecule has 0 fully saturated rings. The second-order valence-electron chi connectivity index (χ2n) is 5.23. The van der Waals surface area contributed by atoms with Gasteiger partial charge in [0.25, 0.3) is 5.88 Å². The van der Waals surface area contributed by atoms with Gasteiger partial charge in [-0.25, -0.2) is 8.78 Å². The summed E-state index contributed by atoms with van der Waals surface area (Å²) in [4.78, 5) is 1.41. The first-order valence-corrected chi connectivity index (χ1v) is 7.67. The zero-order valence-corrected chi connectivity index (χ0v) is 12.8. The molecule has 1 aliphatic heterocycles. The van der Waals surface area contributed by atoms with E-state index in [1.807, 2.05) is 6.08 Å². The summed E-state index contributed by atoms with van der Waals surface area (Å²) in [7, 11) is 0. The van der Waals surface area contributed by atoms with E-state index in [0.29, 0.717) is 37.4 Å². The fraction of sp³-hybridized carbons (Fsp3) is 0.714. The first-order chi connectivity index (χ1) is 11.2. The fourth-order valence-corrected chi connectivity index (χ4v) is 2.62. The molecule has 0 saturated heterocycles. The van der Waals surface area contributed by atoms with Crippen LogP contribution in [-0.2, 0) is 0 Å². The molecule has 21 heavy (non-hydrogen) atoms. The molecule has 0 aliphatic carbocycles. The lowest BCUT2D eigenvalue weighted by Gasteiger charge is -2.22. The summed E-state index contributed by atoms with van der Waals surface area (Å²) in [6.45, 7) is -0.220. The van der Waals surface area contributed by atoms with Gasteiger partial charge in [-0.05, 0) is 38.7 Å². The van der Waals surface area contributed by atoms with Gasteiger partial charge >= 0.3 is 0 Å². The van der Waals surface area contributed by atoms with Gasteiger partial charge in [0, 0.05) is 23.6 Å². The second kappa shape index (κ2) is 7.26. The SMILES string of the molecule is [2H]C([2H])([2H])N1CCC=C(c2nsnc2OCCCCC(C)(F)F)C1. The molecule has 0 aromatic carbocycles. The number of alkyl halides is 2. The van der Waals surface area contributed by atoms with Gasteiger partial charge < -0.3 is 9.64 Å². The van der Waals surface area contributed by atoms with Crippen molar-refractivity contribution in [2.24, 2.45) is 0 Å². The number of likely N-dealkylation sites (N-methyl/N-ethyl adjacent to an activating group) is 1. The average Bonchev–Trinajstić information content (AvgIpc) is 2.93. The molecule has 0 atom stereocenters. The van der Waals surface area contributed by atoms with Gasteiger partial charge in [-0.1, -0.05) is 6.08 Å². The van der Waals surface area contributed by atoms with Crippen molar-refractivity contribution in [3.8, 4) is 5.88 Å². The van der Waals surface area contributed by atoms with E-state index in [-0.39, 0.29) is 19.6 Å². The summed E-state index contributed by atoms with van der Waals surface area (Å²) in [5, 5.41) is 0. The Labute approximate surface area is 132 Å². The van der Waals surface area contributed by atoms with E-state index in [1.54, 1.807) is 0 Å². The minimum atomic E-state index is -2.65. The number of halogens is 2. The third-order valence-corrected chi connectivity index (χ3v) is 3.67. The van der Waals surface area contributed by atoms with Gasteiger partial charge in [0.2, 0.25) is 5.92 Å². The predicted octanol–water partition coefficient (Wildman–Crippen LogP) is 3.46. The lowest BCUT2D eigenvalue weighted by Crippen LogP contribution is -2.25. The Bertz CT molecular complexity index is 572. The molecule has 0 saturated carbocycles. The maximum atomic E-state index is 12.7. The summed E-state index contributed by atoms with van der Waals surface area (Å²) in [5.41, 5.74) is 1.33. The third-order valence-electron chi connectivity index (χ3n) is 3.16. The van der Waals surface area contributed by atoms with Gasteiger partial charge in [0.05, 0.1) is 18.3 Å². The Morgan fingerprint density at radius 3 is 3.10 bits per heavy atom. The molecule has 0 amide bonds. The monoisotopic (exact) mass is 320 g/mol. The van der Waals surface area contributed by atoms with Crippen LogP contribution >= 0.6 is 11.7 Å². The minimum absolute atomic E-state index is 0.169. The van der Waals surface area contributed by atoms with Gasteiger partial charge in [0.1, 0.15) is 5.69 Å². The summed E-state index contributed by atoms with van der Waals surface area (Å²) in [6.07, 6.45) is 3.27. The number of hydrogen-bond acceptors (Lipinski definition) is 5. The van der Waals surface area contributed by atoms with E-state index in [4.69, 9.17) is 8.85 Å². The molecule has 4 nitrogen and oxygen atoms in total. The number of ether oxygens (including phenoxy) is 1. The Hall–Kier alpha value is -1.08. The molecular formula is C14H21F2N3OS. The highest BCUT2D eigenvalue weighted by Crippen LogP contribution is 2.27. The third kappa shape index (κ3) is 5.32. The van der Waals surface area contributed by atoms with Crippen molar-refractivity contribution in [3.05, 3.63) is 11.8 Å². The van der Waals surface area contributed by atoms with Crippen LogP contribution in [0.1, 0.15) is 42.4 Å². The Balaban J connectivity index is 1.90. The average molecular weight is 320 g/mol. The lowest BCUT2D eigenvalue weighted by molar-refractivity contribution is 0.00970. The largest absolute Gasteiger partial charge is 0.475 e. The first kappa shape index (κ1) is 12.5. The molecule has 1 aliphatic rings. The lowest BCUT2D eigenvalue weighted by atomic mass is 10.1. The molecule has 2 rings (SSSR count). The van der Waals surface area contributed by atoms with Crippen molar-refractivity contribution in [3.63, 3.8) is 0 Å². The summed E-state index contributed by atoms with van der Waals surface area (Å²) in [6, 6.07) is 0. The Morgan fingerprint density at radius 1 is 1.48 bits per heavy atom. The molecule has 0 unspecified atom stereocenters. The molecule has 1 aromatic heterocycles. The van der Waals surface area contributed by atoms with Gasteiger partial charge in [0.15, 0.2) is 0 Å². The highest BCUT2D eigenvalue weighted by Gasteiger charge is 2.20. The predicted molar refractivity (Wildman–Crippen MR) is 80.0 cm³/mol. The van der Waals surface area contributed by atoms with Crippen molar-refractivity contribution in [1.29, 1.82) is 0 Å². The van der Waals surface area contributed by atoms with E-state index < -0.39 is 12.9 Å². The standard InChI is InChI=1S/C14H21F2N3OS/c1-14(15,16)7-3-4-9-20-13-12(17-21-18-13)11-6-5-8-19(2)10-11/h6H,3-5,7-10H2,1-2H3/i2D3. The van der Waals surface area contributed by atoms with E-state index in [1.165, 1.54) is 4.90 Å². The quantitative estimate of drug-likeness (QED) is 0.721. The summed E-state index contributed by atoms with van der Waals surface area (Å²) in [5.74, 6) is -2.30. The molecule has 0 N–H and O–H groups in total. The Morgan fingerprint density at radius 2 is 2.33 bits per heavy atom. The van der Waals surface area contributed by atoms with E-state index in [9.17, 15) is 8.78 Å². The van der Waals surface area contributed by atoms with E-state index >= 15 is 0 Å². The van der Waals surface area contributed by atoms with Crippen molar-refractivity contribution in [2.45, 2.75) is 38.5 Å². The van der Waals surface area contributed by atoms with Crippen LogP contribution in [0.2, 0.25) is 0 Å². The van der Waals surface area contributed by atoms with Crippen LogP contribution in [0.25, 0.3) is 5.57 Å². The van der Waals surface area contributed by atoms with Crippen LogP contribution in [0.5, 0.6) is 5.88 Å². The molecule has 7 heteroatoms. The zero-order chi connectivity index (χ0) is 17.8. The van der Waals surface area contributed by atoms with Crippen LogP contribution in [0, 0.1) is 0 Å². The number of rotatable bonds is 7. The minimum Gasteiger partial charge on any atom is -0.475 e. The molecule has 1 aromatic rings. The van der Waals surface area contributed by atoms with Crippen molar-refractivity contribution < 1.29 is 17.6 Å². The maximum absolute atomic E-state index is 12.7. The van der Waals surface area contributed by atoms with Crippen molar-refractivity contribution >= 4 is 17.3 Å². The normalized spacial score (nSPS) is 19.6. The molecule has 0 radical (unpaired) electrons. The van der Waals surface area contributed by atoms with Crippen LogP contribution in [-0.4, -0.2) is 46.2 Å². The van der Waals surface area contributed by atoms with E-state index in [2.05, 4.69) is 8.75 Å². The molecule has 2 heterocycles. The first-order valence-electron chi connectivity index (χ1n) is 8.44. The highest BCUT2D eigenvalue weighted by atomic mass is 32.1. The molecule has 0 bridgehead atoms. The number of aromatic nitrogens is 2. The van der Waals surface area contributed by atoms with Crippen LogP contribution < -0.4 is 4.74 Å². The second-order valence-corrected chi connectivity index (χ2v) is 5.76. The Kier molecular flexibility index (Phi) is 4.31. The summed E-state index contributed by atoms with van der Waals surface area (Å²) < 4.78 is 61.9. The molecular weight excluding hydrogens is 296 g/mol. The maximum Gasteiger partial charge on any atom is 0.253 e. The van der Waals surface area contributed by atoms with Crippen molar-refractivity contribution in [2.75, 3.05) is 26.7 Å².